The van der Waals surface area contributed by atoms with Crippen LogP contribution in [-0.4, -0.2) is 37.3 Å². The Labute approximate surface area is 209 Å². The highest BCUT2D eigenvalue weighted by Gasteiger charge is 2.60. The summed E-state index contributed by atoms with van der Waals surface area (Å²) in [5.41, 5.74) is 1.92. The monoisotopic (exact) mass is 476 g/mol. The minimum Gasteiger partial charge on any atom is -0.372 e. The Bertz CT molecular complexity index is 1630. The van der Waals surface area contributed by atoms with Crippen LogP contribution in [0.2, 0.25) is 0 Å². The van der Waals surface area contributed by atoms with Gasteiger partial charge in [-0.1, -0.05) is 0 Å². The van der Waals surface area contributed by atoms with Crippen LogP contribution in [0.15, 0.2) is 82.5 Å². The maximum atomic E-state index is 14.2. The van der Waals surface area contributed by atoms with Gasteiger partial charge in [-0.2, -0.15) is 0 Å². The predicted octanol–water partition coefficient (Wildman–Crippen LogP) is 2.35. The Kier molecular flexibility index (Phi) is 4.16. The Balaban J connectivity index is 1.51. The van der Waals surface area contributed by atoms with Crippen LogP contribution in [-0.2, 0) is 17.4 Å². The van der Waals surface area contributed by atoms with E-state index < -0.39 is 16.5 Å². The van der Waals surface area contributed by atoms with E-state index in [2.05, 4.69) is 33.5 Å². The molecule has 7 nitrogen and oxygen atoms in total. The van der Waals surface area contributed by atoms with Crippen molar-refractivity contribution in [2.45, 2.75) is 37.8 Å². The molecule has 0 amide bonds. The SMILES string of the molecule is Cn1cnc(C23C=CC(=N2)C=c2ccc([nH]2)=CC2=NC(=CC4(C5CC5)NC(=C3)C(C)(C)C4=O)C=C2)c1. The molecule has 1 saturated heterocycles. The number of H-pyrrole nitrogens is 1. The first-order valence-electron chi connectivity index (χ1n) is 12.5. The third-order valence-electron chi connectivity index (χ3n) is 7.88. The van der Waals surface area contributed by atoms with Crippen molar-refractivity contribution < 1.29 is 4.79 Å². The van der Waals surface area contributed by atoms with Crippen LogP contribution in [0.4, 0.5) is 0 Å². The van der Waals surface area contributed by atoms with Gasteiger partial charge < -0.3 is 14.9 Å². The van der Waals surface area contributed by atoms with Gasteiger partial charge in [0.15, 0.2) is 5.78 Å². The van der Waals surface area contributed by atoms with Gasteiger partial charge in [0.2, 0.25) is 0 Å². The van der Waals surface area contributed by atoms with Gasteiger partial charge in [-0.25, -0.2) is 9.98 Å². The zero-order valence-corrected chi connectivity index (χ0v) is 20.6. The smallest absolute Gasteiger partial charge is 0.173 e. The number of aromatic nitrogens is 3. The van der Waals surface area contributed by atoms with Gasteiger partial charge in [0, 0.05) is 29.6 Å². The summed E-state index contributed by atoms with van der Waals surface area (Å²) >= 11 is 0. The van der Waals surface area contributed by atoms with Gasteiger partial charge >= 0.3 is 0 Å². The molecule has 1 aliphatic carbocycles. The second-order valence-corrected chi connectivity index (χ2v) is 11.0. The number of fused-ring (bicyclic) bond motifs is 6. The number of carbonyl (C=O) groups excluding carboxylic acids is 1. The van der Waals surface area contributed by atoms with Crippen molar-refractivity contribution in [1.29, 1.82) is 0 Å². The van der Waals surface area contributed by atoms with Crippen LogP contribution in [0.5, 0.6) is 0 Å². The maximum Gasteiger partial charge on any atom is 0.173 e. The number of imidazole rings is 1. The van der Waals surface area contributed by atoms with Gasteiger partial charge in [0.25, 0.3) is 0 Å². The molecule has 5 aliphatic rings. The van der Waals surface area contributed by atoms with E-state index in [1.165, 1.54) is 0 Å². The van der Waals surface area contributed by atoms with Crippen LogP contribution in [0, 0.1) is 11.3 Å². The van der Waals surface area contributed by atoms with Crippen molar-refractivity contribution in [2.75, 3.05) is 0 Å². The number of Topliss-reactive ketones (excluding diaryl/α,β-unsaturated/α-hetero) is 1. The molecule has 0 aromatic carbocycles. The summed E-state index contributed by atoms with van der Waals surface area (Å²) in [6, 6.07) is 4.08. The molecule has 0 spiro atoms. The fourth-order valence-corrected chi connectivity index (χ4v) is 5.76. The largest absolute Gasteiger partial charge is 0.372 e. The number of allylic oxidation sites excluding steroid dienone is 4. The molecule has 36 heavy (non-hydrogen) atoms. The lowest BCUT2D eigenvalue weighted by atomic mass is 9.77. The number of rotatable bonds is 2. The number of hydrogen-bond acceptors (Lipinski definition) is 5. The minimum absolute atomic E-state index is 0.184. The van der Waals surface area contributed by atoms with E-state index >= 15 is 0 Å². The predicted molar refractivity (Wildman–Crippen MR) is 141 cm³/mol. The lowest BCUT2D eigenvalue weighted by Crippen LogP contribution is -2.47. The maximum absolute atomic E-state index is 14.2. The molecule has 1 saturated carbocycles. The van der Waals surface area contributed by atoms with E-state index in [0.717, 1.165) is 52.1 Å². The van der Waals surface area contributed by atoms with Gasteiger partial charge in [0.05, 0.1) is 34.6 Å². The number of ketones is 1. The van der Waals surface area contributed by atoms with Crippen molar-refractivity contribution in [1.82, 2.24) is 19.9 Å². The summed E-state index contributed by atoms with van der Waals surface area (Å²) in [6.07, 6.45) is 22.1. The second kappa shape index (κ2) is 7.03. The second-order valence-electron chi connectivity index (χ2n) is 11.0. The highest BCUT2D eigenvalue weighted by atomic mass is 16.1. The molecular formula is C29H28N6O. The highest BCUT2D eigenvalue weighted by Crippen LogP contribution is 2.52. The number of nitrogens with one attached hydrogen (secondary N) is 2. The molecule has 8 bridgehead atoms. The zero-order chi connectivity index (χ0) is 24.7. The number of hydrogen-bond donors (Lipinski definition) is 2. The van der Waals surface area contributed by atoms with Crippen LogP contribution in [0.1, 0.15) is 32.4 Å². The van der Waals surface area contributed by atoms with Crippen LogP contribution >= 0.6 is 0 Å². The number of aryl methyl sites for hydroxylation is 1. The lowest BCUT2D eigenvalue weighted by molar-refractivity contribution is -0.127. The average Bonchev–Trinajstić information content (AvgIpc) is 3.16. The Morgan fingerprint density at radius 1 is 1.03 bits per heavy atom. The topological polar surface area (TPSA) is 87.4 Å². The normalized spacial score (nSPS) is 29.7. The molecule has 2 aromatic heterocycles. The van der Waals surface area contributed by atoms with Crippen molar-refractivity contribution >= 4 is 29.4 Å². The molecule has 6 heterocycles. The number of nitrogens with zero attached hydrogens (tertiary/aromatic N) is 4. The standard InChI is InChI=1S/C29H28N6O/c1-27(2)24-15-28(25-16-35(3)17-30-25)11-10-22(33-28)13-21-7-6-19(31-21)12-20-8-9-23(32-20)14-29(34-24,26(27)36)18-4-5-18/h6-18,31,34H,4-5H2,1-3H3. The lowest BCUT2D eigenvalue weighted by Gasteiger charge is -2.26. The summed E-state index contributed by atoms with van der Waals surface area (Å²) < 4.78 is 1.93. The van der Waals surface area contributed by atoms with Crippen molar-refractivity contribution in [3.05, 3.63) is 88.9 Å². The van der Waals surface area contributed by atoms with Crippen LogP contribution < -0.4 is 16.0 Å². The third kappa shape index (κ3) is 3.11. The molecule has 2 N–H and O–H groups in total. The Morgan fingerprint density at radius 3 is 2.53 bits per heavy atom. The van der Waals surface area contributed by atoms with Gasteiger partial charge in [-0.3, -0.25) is 9.79 Å². The molecule has 2 aromatic rings. The number of aromatic amines is 1. The average molecular weight is 477 g/mol. The first kappa shape index (κ1) is 21.3. The number of carbonyl (C=O) groups is 1. The van der Waals surface area contributed by atoms with Crippen molar-refractivity contribution in [3.8, 4) is 0 Å². The summed E-state index contributed by atoms with van der Waals surface area (Å²) in [4.78, 5) is 32.3. The fourth-order valence-electron chi connectivity index (χ4n) is 5.76. The van der Waals surface area contributed by atoms with Gasteiger partial charge in [-0.05, 0) is 93.3 Å². The van der Waals surface area contributed by atoms with Crippen LogP contribution in [0.3, 0.4) is 0 Å². The highest BCUT2D eigenvalue weighted by molar-refractivity contribution is 6.20. The number of aliphatic imine (C=N–C) groups is 2. The summed E-state index contributed by atoms with van der Waals surface area (Å²) in [5.74, 6) is 0.436. The molecule has 2 atom stereocenters. The third-order valence-corrected chi connectivity index (χ3v) is 7.88. The first-order valence-corrected chi connectivity index (χ1v) is 12.5. The molecule has 180 valence electrons. The molecular weight excluding hydrogens is 448 g/mol. The summed E-state index contributed by atoms with van der Waals surface area (Å²) in [5, 5.41) is 5.65. The molecule has 2 unspecified atom stereocenters. The van der Waals surface area contributed by atoms with Crippen molar-refractivity contribution in [2.24, 2.45) is 28.4 Å². The molecule has 4 aliphatic heterocycles. The summed E-state index contributed by atoms with van der Waals surface area (Å²) in [6.45, 7) is 4.03. The fraction of sp³-hybridized carbons (Fsp3) is 0.310. The van der Waals surface area contributed by atoms with Crippen LogP contribution in [0.25, 0.3) is 12.2 Å². The van der Waals surface area contributed by atoms with E-state index in [9.17, 15) is 4.79 Å². The zero-order valence-electron chi connectivity index (χ0n) is 20.6. The van der Waals surface area contributed by atoms with E-state index in [-0.39, 0.29) is 11.7 Å². The van der Waals surface area contributed by atoms with Gasteiger partial charge in [-0.15, -0.1) is 0 Å². The summed E-state index contributed by atoms with van der Waals surface area (Å²) in [7, 11) is 1.96. The quantitative estimate of drug-likeness (QED) is 0.698. The minimum atomic E-state index is -0.809. The van der Waals surface area contributed by atoms with E-state index in [1.807, 2.05) is 74.2 Å². The Morgan fingerprint density at radius 2 is 1.81 bits per heavy atom. The molecule has 7 rings (SSSR count). The first-order chi connectivity index (χ1) is 17.3. The van der Waals surface area contributed by atoms with Gasteiger partial charge in [0.1, 0.15) is 11.1 Å². The molecule has 2 fully saturated rings. The van der Waals surface area contributed by atoms with Crippen molar-refractivity contribution in [3.63, 3.8) is 0 Å². The molecule has 0 radical (unpaired) electrons. The Hall–Kier alpha value is -4.00. The van der Waals surface area contributed by atoms with E-state index in [0.29, 0.717) is 0 Å². The van der Waals surface area contributed by atoms with E-state index in [4.69, 9.17) is 9.98 Å². The molecule has 7 heteroatoms. The van der Waals surface area contributed by atoms with E-state index in [1.54, 1.807) is 6.33 Å².